The van der Waals surface area contributed by atoms with Gasteiger partial charge in [0, 0.05) is 0 Å². The van der Waals surface area contributed by atoms with E-state index in [9.17, 15) is 0 Å². The molecule has 0 radical (unpaired) electrons. The highest BCUT2D eigenvalue weighted by Crippen LogP contribution is 2.14. The summed E-state index contributed by atoms with van der Waals surface area (Å²) in [6.45, 7) is 0. The first-order chi connectivity index (χ1) is 6.95. The third kappa shape index (κ3) is 1.01. The van der Waals surface area contributed by atoms with Crippen molar-refractivity contribution >= 4 is 22.6 Å². The molecule has 3 rings (SSSR count). The van der Waals surface area contributed by atoms with E-state index in [1.807, 2.05) is 29.6 Å². The highest BCUT2D eigenvalue weighted by atomic mass is 32.1. The lowest BCUT2D eigenvalue weighted by Crippen LogP contribution is -1.96. The van der Waals surface area contributed by atoms with E-state index in [4.69, 9.17) is 0 Å². The molecule has 2 aromatic heterocycles. The van der Waals surface area contributed by atoms with Gasteiger partial charge in [-0.25, -0.2) is 0 Å². The molecule has 0 spiro atoms. The van der Waals surface area contributed by atoms with Gasteiger partial charge in [0.1, 0.15) is 5.52 Å². The third-order valence-corrected chi connectivity index (χ3v) is 2.41. The van der Waals surface area contributed by atoms with Crippen molar-refractivity contribution < 1.29 is 0 Å². The quantitative estimate of drug-likeness (QED) is 0.597. The molecule has 3 aromatic rings. The Balaban J connectivity index is 2.33. The Kier molecular flexibility index (Phi) is 1.54. The van der Waals surface area contributed by atoms with Crippen molar-refractivity contribution in [3.63, 3.8) is 0 Å². The average Bonchev–Trinajstić information content (AvgIpc) is 2.85. The highest BCUT2D eigenvalue weighted by Gasteiger charge is 2.06. The van der Waals surface area contributed by atoms with E-state index in [1.54, 1.807) is 4.68 Å². The van der Waals surface area contributed by atoms with E-state index >= 15 is 0 Å². The van der Waals surface area contributed by atoms with Crippen LogP contribution in [0.4, 0.5) is 0 Å². The molecule has 0 aliphatic heterocycles. The van der Waals surface area contributed by atoms with Gasteiger partial charge >= 0.3 is 0 Å². The molecular weight excluding hydrogens is 198 g/mol. The topological polar surface area (TPSA) is 56.5 Å². The molecule has 0 atom stereocenters. The van der Waals surface area contributed by atoms with Crippen molar-refractivity contribution in [3.05, 3.63) is 29.6 Å². The van der Waals surface area contributed by atoms with E-state index in [0.29, 0.717) is 5.82 Å². The van der Waals surface area contributed by atoms with Crippen LogP contribution in [-0.4, -0.2) is 24.6 Å². The second kappa shape index (κ2) is 2.85. The molecule has 6 heteroatoms. The fourth-order valence-corrected chi connectivity index (χ4v) is 1.71. The van der Waals surface area contributed by atoms with Gasteiger partial charge in [0.2, 0.25) is 0 Å². The van der Waals surface area contributed by atoms with Gasteiger partial charge in [-0.1, -0.05) is 21.8 Å². The summed E-state index contributed by atoms with van der Waals surface area (Å²) in [5.74, 6) is 0.712. The fourth-order valence-electron chi connectivity index (χ4n) is 1.29. The van der Waals surface area contributed by atoms with Crippen molar-refractivity contribution in [2.75, 3.05) is 0 Å². The minimum atomic E-state index is 0.712. The molecule has 68 valence electrons. The van der Waals surface area contributed by atoms with Crippen LogP contribution in [0.5, 0.6) is 0 Å². The Labute approximate surface area is 83.2 Å². The van der Waals surface area contributed by atoms with Crippen LogP contribution < -0.4 is 0 Å². The number of aromatic nitrogens is 5. The van der Waals surface area contributed by atoms with Crippen LogP contribution in [0.25, 0.3) is 16.9 Å². The molecular formula is C8H5N5S. The maximum Gasteiger partial charge on any atom is 0.190 e. The van der Waals surface area contributed by atoms with Crippen LogP contribution >= 0.6 is 11.5 Å². The van der Waals surface area contributed by atoms with Crippen molar-refractivity contribution in [2.45, 2.75) is 0 Å². The number of para-hydroxylation sites is 1. The van der Waals surface area contributed by atoms with E-state index in [1.165, 1.54) is 11.5 Å². The summed E-state index contributed by atoms with van der Waals surface area (Å²) < 4.78 is 5.47. The van der Waals surface area contributed by atoms with Crippen LogP contribution in [0.3, 0.4) is 0 Å². The van der Waals surface area contributed by atoms with Crippen molar-refractivity contribution in [2.24, 2.45) is 0 Å². The Morgan fingerprint density at radius 2 is 2.07 bits per heavy atom. The summed E-state index contributed by atoms with van der Waals surface area (Å²) >= 11 is 1.30. The van der Waals surface area contributed by atoms with Crippen molar-refractivity contribution in [1.29, 1.82) is 0 Å². The van der Waals surface area contributed by atoms with Crippen LogP contribution in [0.2, 0.25) is 0 Å². The van der Waals surface area contributed by atoms with Gasteiger partial charge < -0.3 is 0 Å². The molecule has 0 aliphatic carbocycles. The second-order valence-electron chi connectivity index (χ2n) is 2.75. The third-order valence-electron chi connectivity index (χ3n) is 1.92. The van der Waals surface area contributed by atoms with Gasteiger partial charge in [-0.3, -0.25) is 0 Å². The van der Waals surface area contributed by atoms with Gasteiger partial charge in [0.15, 0.2) is 5.82 Å². The SMILES string of the molecule is c1ccc2c(c1)nnn2-c1csnn1. The smallest absolute Gasteiger partial charge is 0.190 e. The zero-order chi connectivity index (χ0) is 9.38. The van der Waals surface area contributed by atoms with Crippen LogP contribution in [0.15, 0.2) is 29.6 Å². The largest absolute Gasteiger partial charge is 0.192 e. The standard InChI is InChI=1S/C8H5N5S/c1-2-4-7-6(3-1)9-11-13(7)8-5-14-12-10-8/h1-5H. The Hall–Kier alpha value is -1.82. The number of nitrogens with zero attached hydrogens (tertiary/aromatic N) is 5. The highest BCUT2D eigenvalue weighted by molar-refractivity contribution is 7.03. The molecule has 0 saturated carbocycles. The molecule has 2 heterocycles. The molecule has 0 fully saturated rings. The van der Waals surface area contributed by atoms with Gasteiger partial charge in [-0.2, -0.15) is 4.68 Å². The lowest BCUT2D eigenvalue weighted by atomic mass is 10.3. The predicted octanol–water partition coefficient (Wildman–Crippen LogP) is 1.27. The Bertz CT molecular complexity index is 556. The maximum atomic E-state index is 4.02. The molecule has 0 aliphatic rings. The van der Waals surface area contributed by atoms with Crippen molar-refractivity contribution in [3.8, 4) is 5.82 Å². The van der Waals surface area contributed by atoms with Crippen LogP contribution in [-0.2, 0) is 0 Å². The zero-order valence-electron chi connectivity index (χ0n) is 7.03. The lowest BCUT2D eigenvalue weighted by Gasteiger charge is -1.93. The summed E-state index contributed by atoms with van der Waals surface area (Å²) in [7, 11) is 0. The lowest BCUT2D eigenvalue weighted by molar-refractivity contribution is 0.796. The van der Waals surface area contributed by atoms with E-state index in [2.05, 4.69) is 19.9 Å². The average molecular weight is 203 g/mol. The van der Waals surface area contributed by atoms with Crippen LogP contribution in [0, 0.1) is 0 Å². The van der Waals surface area contributed by atoms with Crippen molar-refractivity contribution in [1.82, 2.24) is 24.6 Å². The summed E-state index contributed by atoms with van der Waals surface area (Å²) in [5, 5.41) is 13.8. The number of rotatable bonds is 1. The summed E-state index contributed by atoms with van der Waals surface area (Å²) in [6, 6.07) is 7.75. The minimum Gasteiger partial charge on any atom is -0.192 e. The number of fused-ring (bicyclic) bond motifs is 1. The first kappa shape index (κ1) is 7.57. The Morgan fingerprint density at radius 1 is 1.14 bits per heavy atom. The maximum absolute atomic E-state index is 4.02. The van der Waals surface area contributed by atoms with E-state index in [0.717, 1.165) is 11.0 Å². The van der Waals surface area contributed by atoms with E-state index in [-0.39, 0.29) is 0 Å². The Morgan fingerprint density at radius 3 is 2.93 bits per heavy atom. The van der Waals surface area contributed by atoms with Gasteiger partial charge in [0.05, 0.1) is 10.9 Å². The van der Waals surface area contributed by atoms with Gasteiger partial charge in [0.25, 0.3) is 0 Å². The molecule has 0 saturated heterocycles. The predicted molar refractivity (Wildman–Crippen MR) is 52.3 cm³/mol. The van der Waals surface area contributed by atoms with Gasteiger partial charge in [-0.05, 0) is 23.7 Å². The molecule has 0 N–H and O–H groups in total. The summed E-state index contributed by atoms with van der Waals surface area (Å²) in [5.41, 5.74) is 1.81. The molecule has 0 amide bonds. The van der Waals surface area contributed by atoms with E-state index < -0.39 is 0 Å². The summed E-state index contributed by atoms with van der Waals surface area (Å²) in [6.07, 6.45) is 0. The summed E-state index contributed by atoms with van der Waals surface area (Å²) in [4.78, 5) is 0. The molecule has 1 aromatic carbocycles. The fraction of sp³-hybridized carbons (Fsp3) is 0. The molecule has 0 bridgehead atoms. The number of hydrogen-bond donors (Lipinski definition) is 0. The normalized spacial score (nSPS) is 10.9. The molecule has 5 nitrogen and oxygen atoms in total. The van der Waals surface area contributed by atoms with Gasteiger partial charge in [-0.15, -0.1) is 10.2 Å². The first-order valence-corrected chi connectivity index (χ1v) is 4.87. The second-order valence-corrected chi connectivity index (χ2v) is 3.36. The molecule has 0 unspecified atom stereocenters. The van der Waals surface area contributed by atoms with Crippen LogP contribution in [0.1, 0.15) is 0 Å². The molecule has 14 heavy (non-hydrogen) atoms. The number of hydrogen-bond acceptors (Lipinski definition) is 5. The number of benzene rings is 1. The minimum absolute atomic E-state index is 0.712. The monoisotopic (exact) mass is 203 g/mol. The zero-order valence-corrected chi connectivity index (χ0v) is 7.85. The first-order valence-electron chi connectivity index (χ1n) is 4.03.